The van der Waals surface area contributed by atoms with Gasteiger partial charge < -0.3 is 10.8 Å². The Morgan fingerprint density at radius 3 is 2.35 bits per heavy atom. The van der Waals surface area contributed by atoms with Crippen LogP contribution in [0.4, 0.5) is 19.0 Å². The number of nitrogen functional groups attached to an aromatic ring is 1. The van der Waals surface area contributed by atoms with Crippen LogP contribution < -0.4 is 5.73 Å². The smallest absolute Gasteiger partial charge is 0.416 e. The maximum absolute atomic E-state index is 12.4. The summed E-state index contributed by atoms with van der Waals surface area (Å²) in [5.41, 5.74) is 5.23. The molecule has 1 aromatic heterocycles. The molecule has 0 aliphatic heterocycles. The lowest BCUT2D eigenvalue weighted by atomic mass is 10.1. The monoisotopic (exact) mass is 285 g/mol. The number of carbonyl (C=O) groups is 1. The quantitative estimate of drug-likeness (QED) is 0.906. The number of carboxylic acids is 1. The summed E-state index contributed by atoms with van der Waals surface area (Å²) in [6.07, 6.45) is -3.29. The van der Waals surface area contributed by atoms with Gasteiger partial charge in [-0.3, -0.25) is 0 Å². The van der Waals surface area contributed by atoms with Gasteiger partial charge in [0.05, 0.1) is 18.3 Å². The van der Waals surface area contributed by atoms with Gasteiger partial charge in [-0.15, -0.1) is 0 Å². The first-order valence-corrected chi connectivity index (χ1v) is 5.49. The molecule has 0 fully saturated rings. The van der Waals surface area contributed by atoms with Crippen molar-refractivity contribution in [1.82, 2.24) is 9.78 Å². The molecule has 1 aromatic carbocycles. The molecule has 0 atom stereocenters. The van der Waals surface area contributed by atoms with E-state index >= 15 is 0 Å². The average molecular weight is 285 g/mol. The minimum atomic E-state index is -4.39. The fraction of sp³-hybridized carbons (Fsp3) is 0.167. The normalized spacial score (nSPS) is 11.6. The number of nitrogens with two attached hydrogens (primary N) is 1. The lowest BCUT2D eigenvalue weighted by molar-refractivity contribution is -0.137. The maximum atomic E-state index is 12.4. The number of rotatable bonds is 3. The molecule has 8 heteroatoms. The van der Waals surface area contributed by atoms with Crippen LogP contribution in [-0.2, 0) is 12.7 Å². The van der Waals surface area contributed by atoms with Gasteiger partial charge in [-0.1, -0.05) is 12.1 Å². The summed E-state index contributed by atoms with van der Waals surface area (Å²) >= 11 is 0. The number of carboxylic acid groups (broad SMARTS) is 1. The standard InChI is InChI=1S/C12H10F3N3O2/c13-12(14,15)8-3-1-7(2-4-8)6-18-10(16)9(5-17-18)11(19)20/h1-5H,6,16H2,(H,19,20). The SMILES string of the molecule is Nc1c(C(=O)O)cnn1Cc1ccc(C(F)(F)F)cc1. The van der Waals surface area contributed by atoms with Crippen LogP contribution in [0.25, 0.3) is 0 Å². The van der Waals surface area contributed by atoms with Gasteiger partial charge >= 0.3 is 12.1 Å². The molecule has 0 unspecified atom stereocenters. The van der Waals surface area contributed by atoms with Crippen LogP contribution in [0, 0.1) is 0 Å². The first kappa shape index (κ1) is 13.9. The molecule has 5 nitrogen and oxygen atoms in total. The number of hydrogen-bond donors (Lipinski definition) is 2. The highest BCUT2D eigenvalue weighted by atomic mass is 19.4. The Labute approximate surface area is 111 Å². The van der Waals surface area contributed by atoms with Crippen molar-refractivity contribution in [3.05, 3.63) is 47.2 Å². The second kappa shape index (κ2) is 4.87. The van der Waals surface area contributed by atoms with E-state index in [1.54, 1.807) is 0 Å². The van der Waals surface area contributed by atoms with E-state index in [0.717, 1.165) is 18.3 Å². The summed E-state index contributed by atoms with van der Waals surface area (Å²) in [5, 5.41) is 12.6. The van der Waals surface area contributed by atoms with Crippen molar-refractivity contribution in [2.45, 2.75) is 12.7 Å². The number of halogens is 3. The van der Waals surface area contributed by atoms with E-state index in [-0.39, 0.29) is 17.9 Å². The van der Waals surface area contributed by atoms with E-state index in [9.17, 15) is 18.0 Å². The van der Waals surface area contributed by atoms with Crippen LogP contribution in [0.5, 0.6) is 0 Å². The van der Waals surface area contributed by atoms with Gasteiger partial charge in [-0.2, -0.15) is 18.3 Å². The molecular weight excluding hydrogens is 275 g/mol. The molecule has 0 spiro atoms. The Morgan fingerprint density at radius 1 is 1.30 bits per heavy atom. The number of hydrogen-bond acceptors (Lipinski definition) is 3. The number of alkyl halides is 3. The number of benzene rings is 1. The zero-order valence-electron chi connectivity index (χ0n) is 10.1. The van der Waals surface area contributed by atoms with Gasteiger partial charge in [0.25, 0.3) is 0 Å². The van der Waals surface area contributed by atoms with E-state index in [1.807, 2.05) is 0 Å². The summed E-state index contributed by atoms with van der Waals surface area (Å²) < 4.78 is 38.4. The lowest BCUT2D eigenvalue weighted by Gasteiger charge is -2.08. The number of nitrogens with zero attached hydrogens (tertiary/aromatic N) is 2. The molecule has 0 radical (unpaired) electrons. The summed E-state index contributed by atoms with van der Waals surface area (Å²) in [5.74, 6) is -1.25. The Morgan fingerprint density at radius 2 is 1.90 bits per heavy atom. The largest absolute Gasteiger partial charge is 0.477 e. The minimum absolute atomic E-state index is 0.0441. The van der Waals surface area contributed by atoms with Crippen LogP contribution >= 0.6 is 0 Å². The van der Waals surface area contributed by atoms with E-state index in [4.69, 9.17) is 10.8 Å². The molecule has 2 rings (SSSR count). The third-order valence-electron chi connectivity index (χ3n) is 2.72. The topological polar surface area (TPSA) is 81.1 Å². The van der Waals surface area contributed by atoms with Crippen molar-refractivity contribution in [1.29, 1.82) is 0 Å². The molecule has 0 bridgehead atoms. The first-order valence-electron chi connectivity index (χ1n) is 5.49. The average Bonchev–Trinajstić information content (AvgIpc) is 2.71. The van der Waals surface area contributed by atoms with E-state index in [1.165, 1.54) is 16.8 Å². The third-order valence-corrected chi connectivity index (χ3v) is 2.72. The first-order chi connectivity index (χ1) is 9.29. The van der Waals surface area contributed by atoms with Gasteiger partial charge in [0.2, 0.25) is 0 Å². The van der Waals surface area contributed by atoms with Crippen molar-refractivity contribution in [3.63, 3.8) is 0 Å². The van der Waals surface area contributed by atoms with E-state index in [0.29, 0.717) is 5.56 Å². The summed E-state index contributed by atoms with van der Waals surface area (Å²) in [6, 6.07) is 4.50. The number of aromatic nitrogens is 2. The Hall–Kier alpha value is -2.51. The summed E-state index contributed by atoms with van der Waals surface area (Å²) in [7, 11) is 0. The molecule has 1 heterocycles. The van der Waals surface area contributed by atoms with E-state index < -0.39 is 17.7 Å². The number of aromatic carboxylic acids is 1. The third kappa shape index (κ3) is 2.73. The molecule has 0 aliphatic rings. The van der Waals surface area contributed by atoms with Gasteiger partial charge in [0.15, 0.2) is 0 Å². The molecule has 0 saturated heterocycles. The van der Waals surface area contributed by atoms with Crippen molar-refractivity contribution in [2.75, 3.05) is 5.73 Å². The summed E-state index contributed by atoms with van der Waals surface area (Å²) in [4.78, 5) is 10.8. The molecule has 0 saturated carbocycles. The minimum Gasteiger partial charge on any atom is -0.477 e. The van der Waals surface area contributed by atoms with Crippen LogP contribution in [0.2, 0.25) is 0 Å². The summed E-state index contributed by atoms with van der Waals surface area (Å²) in [6.45, 7) is 0.0945. The second-order valence-corrected chi connectivity index (χ2v) is 4.10. The fourth-order valence-electron chi connectivity index (χ4n) is 1.66. The zero-order chi connectivity index (χ0) is 14.9. The predicted molar refractivity (Wildman–Crippen MR) is 64.1 cm³/mol. The van der Waals surface area contributed by atoms with Gasteiger partial charge in [0.1, 0.15) is 11.4 Å². The molecule has 0 aliphatic carbocycles. The highest BCUT2D eigenvalue weighted by molar-refractivity contribution is 5.92. The van der Waals surface area contributed by atoms with Crippen molar-refractivity contribution < 1.29 is 23.1 Å². The van der Waals surface area contributed by atoms with Gasteiger partial charge in [0, 0.05) is 0 Å². The Bertz CT molecular complexity index is 632. The van der Waals surface area contributed by atoms with Crippen molar-refractivity contribution in [3.8, 4) is 0 Å². The molecular formula is C12H10F3N3O2. The molecule has 106 valence electrons. The molecule has 0 amide bonds. The second-order valence-electron chi connectivity index (χ2n) is 4.10. The molecule has 2 aromatic rings. The van der Waals surface area contributed by atoms with Crippen molar-refractivity contribution in [2.24, 2.45) is 0 Å². The van der Waals surface area contributed by atoms with Crippen LogP contribution in [-0.4, -0.2) is 20.9 Å². The number of anilines is 1. The molecule has 20 heavy (non-hydrogen) atoms. The maximum Gasteiger partial charge on any atom is 0.416 e. The van der Waals surface area contributed by atoms with Gasteiger partial charge in [-0.05, 0) is 17.7 Å². The van der Waals surface area contributed by atoms with Crippen LogP contribution in [0.15, 0.2) is 30.5 Å². The van der Waals surface area contributed by atoms with Gasteiger partial charge in [-0.25, -0.2) is 9.48 Å². The highest BCUT2D eigenvalue weighted by Crippen LogP contribution is 2.29. The highest BCUT2D eigenvalue weighted by Gasteiger charge is 2.29. The fourth-order valence-corrected chi connectivity index (χ4v) is 1.66. The zero-order valence-corrected chi connectivity index (χ0v) is 10.1. The van der Waals surface area contributed by atoms with Crippen LogP contribution in [0.3, 0.4) is 0 Å². The Kier molecular flexibility index (Phi) is 3.39. The predicted octanol–water partition coefficient (Wildman–Crippen LogP) is 2.23. The van der Waals surface area contributed by atoms with Crippen molar-refractivity contribution >= 4 is 11.8 Å². The molecule has 3 N–H and O–H groups in total. The van der Waals surface area contributed by atoms with Crippen LogP contribution in [0.1, 0.15) is 21.5 Å². The van der Waals surface area contributed by atoms with E-state index in [2.05, 4.69) is 5.10 Å². The lowest BCUT2D eigenvalue weighted by Crippen LogP contribution is -2.09. The Balaban J connectivity index is 2.21.